The zero-order valence-corrected chi connectivity index (χ0v) is 17.9. The van der Waals surface area contributed by atoms with Crippen molar-refractivity contribution in [1.82, 2.24) is 15.0 Å². The average molecular weight is 428 g/mol. The van der Waals surface area contributed by atoms with Gasteiger partial charge in [-0.25, -0.2) is 0 Å². The van der Waals surface area contributed by atoms with Crippen molar-refractivity contribution in [3.8, 4) is 17.1 Å². The molecule has 0 saturated carbocycles. The van der Waals surface area contributed by atoms with E-state index in [9.17, 15) is 0 Å². The van der Waals surface area contributed by atoms with Gasteiger partial charge in [-0.3, -0.25) is 5.41 Å². The average Bonchev–Trinajstić information content (AvgIpc) is 3.48. The molecular weight excluding hydrogens is 402 g/mol. The maximum atomic E-state index is 7.74. The van der Waals surface area contributed by atoms with E-state index in [0.29, 0.717) is 18.3 Å². The number of nitrogens with zero attached hydrogens (tertiary/aromatic N) is 3. The molecule has 0 unspecified atom stereocenters. The number of benzene rings is 3. The third-order valence-corrected chi connectivity index (χ3v) is 5.89. The minimum absolute atomic E-state index is 0.0401. The second-order valence-corrected chi connectivity index (χ2v) is 8.19. The van der Waals surface area contributed by atoms with Crippen LogP contribution in [0.3, 0.4) is 0 Å². The Kier molecular flexibility index (Phi) is 5.23. The Bertz CT molecular complexity index is 1270. The molecule has 0 spiro atoms. The predicted octanol–water partition coefficient (Wildman–Crippen LogP) is 4.81. The van der Waals surface area contributed by atoms with E-state index >= 15 is 0 Å². The summed E-state index contributed by atoms with van der Waals surface area (Å²) in [5.74, 6) is 1.92. The highest BCUT2D eigenvalue weighted by Gasteiger charge is 2.31. The first kappa shape index (κ1) is 20.1. The molecule has 1 saturated heterocycles. The summed E-state index contributed by atoms with van der Waals surface area (Å²) < 4.78 is 11.5. The lowest BCUT2D eigenvalue weighted by molar-refractivity contribution is 0.283. The Hall–Kier alpha value is -3.87. The molecule has 0 aliphatic carbocycles. The lowest BCUT2D eigenvalue weighted by Crippen LogP contribution is -2.35. The highest BCUT2D eigenvalue weighted by Crippen LogP contribution is 2.32. The third kappa shape index (κ3) is 4.01. The van der Waals surface area contributed by atoms with Crippen LogP contribution in [-0.2, 0) is 6.61 Å². The number of nitrogens with one attached hydrogen (secondary N) is 1. The smallest absolute Gasteiger partial charge is 0.249 e. The maximum absolute atomic E-state index is 7.74. The van der Waals surface area contributed by atoms with Crippen molar-refractivity contribution in [2.45, 2.75) is 32.4 Å². The monoisotopic (exact) mass is 427 g/mol. The van der Waals surface area contributed by atoms with E-state index in [1.165, 1.54) is 5.56 Å². The van der Waals surface area contributed by atoms with Crippen LogP contribution in [-0.4, -0.2) is 27.5 Å². The van der Waals surface area contributed by atoms with Crippen LogP contribution < -0.4 is 10.5 Å². The summed E-state index contributed by atoms with van der Waals surface area (Å²) in [6.07, 6.45) is 1.80. The number of rotatable bonds is 5. The zero-order chi connectivity index (χ0) is 22.1. The van der Waals surface area contributed by atoms with Crippen LogP contribution in [0.15, 0.2) is 65.2 Å². The van der Waals surface area contributed by atoms with Crippen LogP contribution in [0.1, 0.15) is 35.9 Å². The van der Waals surface area contributed by atoms with Gasteiger partial charge in [-0.2, -0.15) is 4.98 Å². The molecule has 2 heterocycles. The SMILES string of the molecule is Cc1ccc(COc2ccc3cc(-c4noc([C@@H]5CCCN5C(=N)N)n4)ccc3c2)cc1. The summed E-state index contributed by atoms with van der Waals surface area (Å²) in [6, 6.07) is 20.4. The van der Waals surface area contributed by atoms with Crippen molar-refractivity contribution in [3.63, 3.8) is 0 Å². The molecule has 1 aromatic heterocycles. The van der Waals surface area contributed by atoms with Gasteiger partial charge in [0.25, 0.3) is 0 Å². The number of fused-ring (bicyclic) bond motifs is 1. The van der Waals surface area contributed by atoms with E-state index < -0.39 is 0 Å². The van der Waals surface area contributed by atoms with Gasteiger partial charge in [0.2, 0.25) is 11.7 Å². The van der Waals surface area contributed by atoms with E-state index in [-0.39, 0.29) is 12.0 Å². The summed E-state index contributed by atoms with van der Waals surface area (Å²) in [7, 11) is 0. The van der Waals surface area contributed by atoms with E-state index in [1.807, 2.05) is 36.4 Å². The molecule has 0 amide bonds. The van der Waals surface area contributed by atoms with Gasteiger partial charge in [0.1, 0.15) is 18.4 Å². The Morgan fingerprint density at radius 3 is 2.72 bits per heavy atom. The Morgan fingerprint density at radius 2 is 1.91 bits per heavy atom. The van der Waals surface area contributed by atoms with Gasteiger partial charge >= 0.3 is 0 Å². The molecule has 4 aromatic rings. The van der Waals surface area contributed by atoms with Crippen LogP contribution in [0.25, 0.3) is 22.2 Å². The molecule has 162 valence electrons. The van der Waals surface area contributed by atoms with Crippen molar-refractivity contribution in [1.29, 1.82) is 5.41 Å². The van der Waals surface area contributed by atoms with Gasteiger partial charge in [-0.05, 0) is 54.3 Å². The molecule has 1 atom stereocenters. The number of ether oxygens (including phenoxy) is 1. The highest BCUT2D eigenvalue weighted by molar-refractivity contribution is 5.87. The second kappa shape index (κ2) is 8.34. The zero-order valence-electron chi connectivity index (χ0n) is 17.9. The van der Waals surface area contributed by atoms with Crippen molar-refractivity contribution < 1.29 is 9.26 Å². The second-order valence-electron chi connectivity index (χ2n) is 8.19. The lowest BCUT2D eigenvalue weighted by Gasteiger charge is -2.21. The highest BCUT2D eigenvalue weighted by atomic mass is 16.5. The Labute approximate surface area is 186 Å². The number of nitrogens with two attached hydrogens (primary N) is 1. The van der Waals surface area contributed by atoms with Crippen molar-refractivity contribution in [2.75, 3.05) is 6.54 Å². The molecule has 1 aliphatic rings. The summed E-state index contributed by atoms with van der Waals surface area (Å²) in [5, 5.41) is 14.1. The molecular formula is C25H25N5O2. The fourth-order valence-corrected chi connectivity index (χ4v) is 4.10. The largest absolute Gasteiger partial charge is 0.489 e. The molecule has 5 rings (SSSR count). The topological polar surface area (TPSA) is 101 Å². The molecule has 0 bridgehead atoms. The van der Waals surface area contributed by atoms with E-state index in [1.54, 1.807) is 4.90 Å². The van der Waals surface area contributed by atoms with Gasteiger partial charge in [-0.15, -0.1) is 0 Å². The minimum atomic E-state index is -0.123. The van der Waals surface area contributed by atoms with E-state index in [0.717, 1.165) is 47.0 Å². The van der Waals surface area contributed by atoms with Crippen molar-refractivity contribution >= 4 is 16.7 Å². The Morgan fingerprint density at radius 1 is 1.12 bits per heavy atom. The third-order valence-electron chi connectivity index (χ3n) is 5.89. The van der Waals surface area contributed by atoms with Crippen LogP contribution >= 0.6 is 0 Å². The van der Waals surface area contributed by atoms with Gasteiger partial charge in [0, 0.05) is 12.1 Å². The first-order chi connectivity index (χ1) is 15.6. The Balaban J connectivity index is 1.33. The number of guanidine groups is 1. The quantitative estimate of drug-likeness (QED) is 0.350. The summed E-state index contributed by atoms with van der Waals surface area (Å²) in [5.41, 5.74) is 8.95. The molecule has 32 heavy (non-hydrogen) atoms. The summed E-state index contributed by atoms with van der Waals surface area (Å²) >= 11 is 0. The molecule has 1 aliphatic heterocycles. The van der Waals surface area contributed by atoms with Gasteiger partial charge < -0.3 is 19.9 Å². The number of likely N-dealkylation sites (tertiary alicyclic amines) is 1. The standard InChI is InChI=1S/C25H25N5O2/c1-16-4-6-17(7-5-16)15-31-21-11-10-18-13-20(9-8-19(18)14-21)23-28-24(32-29-23)22-3-2-12-30(22)25(26)27/h4-11,13-14,22H,2-3,12,15H2,1H3,(H3,26,27)/t22-/m0/s1. The van der Waals surface area contributed by atoms with Gasteiger partial charge in [0.05, 0.1) is 0 Å². The number of aromatic nitrogens is 2. The molecule has 7 nitrogen and oxygen atoms in total. The number of aryl methyl sites for hydroxylation is 1. The fourth-order valence-electron chi connectivity index (χ4n) is 4.10. The first-order valence-corrected chi connectivity index (χ1v) is 10.7. The normalized spacial score (nSPS) is 15.9. The van der Waals surface area contributed by atoms with Gasteiger partial charge in [0.15, 0.2) is 5.96 Å². The molecule has 3 aromatic carbocycles. The van der Waals surface area contributed by atoms with Crippen LogP contribution in [0.5, 0.6) is 5.75 Å². The molecule has 7 heteroatoms. The van der Waals surface area contributed by atoms with Crippen molar-refractivity contribution in [3.05, 3.63) is 77.7 Å². The lowest BCUT2D eigenvalue weighted by atomic mass is 10.1. The van der Waals surface area contributed by atoms with E-state index in [2.05, 4.69) is 41.3 Å². The fraction of sp³-hybridized carbons (Fsp3) is 0.240. The predicted molar refractivity (Wildman–Crippen MR) is 123 cm³/mol. The summed E-state index contributed by atoms with van der Waals surface area (Å²) in [6.45, 7) is 3.35. The van der Waals surface area contributed by atoms with Crippen LogP contribution in [0.4, 0.5) is 0 Å². The number of hydrogen-bond donors (Lipinski definition) is 2. The molecule has 3 N–H and O–H groups in total. The minimum Gasteiger partial charge on any atom is -0.489 e. The van der Waals surface area contributed by atoms with Gasteiger partial charge in [-0.1, -0.05) is 53.2 Å². The molecule has 1 fully saturated rings. The summed E-state index contributed by atoms with van der Waals surface area (Å²) in [4.78, 5) is 6.39. The molecule has 0 radical (unpaired) electrons. The van der Waals surface area contributed by atoms with Crippen LogP contribution in [0, 0.1) is 12.3 Å². The van der Waals surface area contributed by atoms with E-state index in [4.69, 9.17) is 20.4 Å². The first-order valence-electron chi connectivity index (χ1n) is 10.7. The van der Waals surface area contributed by atoms with Crippen molar-refractivity contribution in [2.24, 2.45) is 5.73 Å². The maximum Gasteiger partial charge on any atom is 0.249 e. The van der Waals surface area contributed by atoms with Crippen LogP contribution in [0.2, 0.25) is 0 Å². The number of hydrogen-bond acceptors (Lipinski definition) is 5.